The third-order valence-corrected chi connectivity index (χ3v) is 11.8. The average molecular weight is 737 g/mol. The first-order chi connectivity index (χ1) is 27.5. The highest BCUT2D eigenvalue weighted by Gasteiger charge is 2.35. The third kappa shape index (κ3) is 5.16. The summed E-state index contributed by atoms with van der Waals surface area (Å²) in [6, 6.07) is 55.0. The van der Waals surface area contributed by atoms with Crippen LogP contribution in [-0.2, 0) is 5.41 Å². The van der Waals surface area contributed by atoms with Gasteiger partial charge in [-0.3, -0.25) is 0 Å². The van der Waals surface area contributed by atoms with Gasteiger partial charge in [-0.2, -0.15) is 8.75 Å². The summed E-state index contributed by atoms with van der Waals surface area (Å²) in [6.45, 7) is 4.64. The van der Waals surface area contributed by atoms with Gasteiger partial charge in [-0.15, -0.1) is 0 Å². The Morgan fingerprint density at radius 3 is 1.77 bits per heavy atom. The zero-order valence-corrected chi connectivity index (χ0v) is 31.4. The van der Waals surface area contributed by atoms with E-state index in [1.165, 1.54) is 39.5 Å². The molecule has 0 saturated heterocycles. The molecule has 0 bridgehead atoms. The fraction of sp³-hybridized carbons (Fsp3) is 0.0612. The summed E-state index contributed by atoms with van der Waals surface area (Å²) in [5.74, 6) is 1.80. The number of hydrogen-bond donors (Lipinski definition) is 0. The number of benzene rings is 7. The molecule has 11 rings (SSSR count). The first kappa shape index (κ1) is 32.5. The minimum Gasteiger partial charge on any atom is -0.247 e. The van der Waals surface area contributed by atoms with Gasteiger partial charge in [-0.25, -0.2) is 19.9 Å². The van der Waals surface area contributed by atoms with Gasteiger partial charge in [0.2, 0.25) is 0 Å². The first-order valence-corrected chi connectivity index (χ1v) is 19.4. The number of rotatable bonds is 5. The highest BCUT2D eigenvalue weighted by molar-refractivity contribution is 7.00. The molecule has 1 aliphatic rings. The van der Waals surface area contributed by atoms with E-state index in [1.807, 2.05) is 54.6 Å². The van der Waals surface area contributed by atoms with Crippen molar-refractivity contribution in [2.75, 3.05) is 0 Å². The maximum atomic E-state index is 5.28. The van der Waals surface area contributed by atoms with Gasteiger partial charge < -0.3 is 0 Å². The van der Waals surface area contributed by atoms with Crippen molar-refractivity contribution in [1.29, 1.82) is 0 Å². The van der Waals surface area contributed by atoms with Crippen LogP contribution < -0.4 is 0 Å². The molecule has 0 saturated carbocycles. The number of nitrogens with zero attached hydrogens (tertiary/aromatic N) is 6. The molecule has 0 radical (unpaired) electrons. The summed E-state index contributed by atoms with van der Waals surface area (Å²) in [5, 5.41) is 3.10. The third-order valence-electron chi connectivity index (χ3n) is 11.2. The second-order valence-electron chi connectivity index (χ2n) is 14.9. The standard InChI is InChI=1S/C49H32N6S/c1-49(2)39-16-10-9-15-35(39)36-23-21-33(27-40(36)49)29-17-19-32(20-18-29)47-51-46(31-13-7-4-8-14-31)52-48(53-47)34-22-24-37-42(28-34)50-44(30-11-5-3-6-12-30)38-25-26-41-45(43(37)38)55-56-54-41/h3-28H,1-2H3. The lowest BCUT2D eigenvalue weighted by Crippen LogP contribution is -2.14. The van der Waals surface area contributed by atoms with E-state index in [1.54, 1.807) is 0 Å². The van der Waals surface area contributed by atoms with Crippen LogP contribution >= 0.6 is 11.7 Å². The van der Waals surface area contributed by atoms with E-state index in [4.69, 9.17) is 24.3 Å². The van der Waals surface area contributed by atoms with Crippen molar-refractivity contribution in [1.82, 2.24) is 28.7 Å². The van der Waals surface area contributed by atoms with Crippen LogP contribution in [0, 0.1) is 0 Å². The van der Waals surface area contributed by atoms with Gasteiger partial charge in [0, 0.05) is 43.8 Å². The van der Waals surface area contributed by atoms with E-state index in [-0.39, 0.29) is 5.41 Å². The number of pyridine rings is 1. The Balaban J connectivity index is 1.03. The molecule has 0 unspecified atom stereocenters. The van der Waals surface area contributed by atoms with Gasteiger partial charge in [-0.1, -0.05) is 147 Å². The van der Waals surface area contributed by atoms with Crippen molar-refractivity contribution in [2.24, 2.45) is 0 Å². The van der Waals surface area contributed by atoms with Crippen molar-refractivity contribution in [3.63, 3.8) is 0 Å². The van der Waals surface area contributed by atoms with Crippen LogP contribution in [-0.4, -0.2) is 28.7 Å². The van der Waals surface area contributed by atoms with E-state index in [0.29, 0.717) is 17.5 Å². The molecule has 1 aliphatic carbocycles. The second kappa shape index (κ2) is 12.5. The molecule has 0 N–H and O–H groups in total. The fourth-order valence-electron chi connectivity index (χ4n) is 8.34. The van der Waals surface area contributed by atoms with E-state index in [0.717, 1.165) is 66.2 Å². The summed E-state index contributed by atoms with van der Waals surface area (Å²) in [4.78, 5) is 20.5. The van der Waals surface area contributed by atoms with Crippen molar-refractivity contribution in [2.45, 2.75) is 19.3 Å². The number of aromatic nitrogens is 6. The first-order valence-electron chi connectivity index (χ1n) is 18.7. The molecule has 10 aromatic rings. The Labute approximate surface area is 327 Å². The minimum absolute atomic E-state index is 0.0598. The lowest BCUT2D eigenvalue weighted by Gasteiger charge is -2.22. The average Bonchev–Trinajstić information content (AvgIpc) is 3.84. The zero-order chi connectivity index (χ0) is 37.4. The zero-order valence-electron chi connectivity index (χ0n) is 30.6. The topological polar surface area (TPSA) is 77.3 Å². The van der Waals surface area contributed by atoms with Crippen molar-refractivity contribution in [3.05, 3.63) is 169 Å². The summed E-state index contributed by atoms with van der Waals surface area (Å²) >= 11 is 1.23. The molecule has 7 heteroatoms. The maximum Gasteiger partial charge on any atom is 0.164 e. The van der Waals surface area contributed by atoms with E-state index < -0.39 is 0 Å². The molecule has 56 heavy (non-hydrogen) atoms. The summed E-state index contributed by atoms with van der Waals surface area (Å²) in [5.41, 5.74) is 14.9. The smallest absolute Gasteiger partial charge is 0.164 e. The number of hydrogen-bond acceptors (Lipinski definition) is 7. The number of fused-ring (bicyclic) bond motifs is 8. The van der Waals surface area contributed by atoms with E-state index in [9.17, 15) is 0 Å². The molecule has 3 heterocycles. The molecule has 0 amide bonds. The normalized spacial score (nSPS) is 13.0. The molecule has 3 aromatic heterocycles. The predicted molar refractivity (Wildman–Crippen MR) is 228 cm³/mol. The fourth-order valence-corrected chi connectivity index (χ4v) is 8.88. The van der Waals surface area contributed by atoms with Crippen LogP contribution in [0.3, 0.4) is 0 Å². The quantitative estimate of drug-likeness (QED) is 0.164. The summed E-state index contributed by atoms with van der Waals surface area (Å²) in [7, 11) is 0. The Kier molecular flexibility index (Phi) is 7.28. The van der Waals surface area contributed by atoms with Gasteiger partial charge in [0.15, 0.2) is 17.5 Å². The van der Waals surface area contributed by atoms with Crippen LogP contribution in [0.5, 0.6) is 0 Å². The Morgan fingerprint density at radius 2 is 1.00 bits per heavy atom. The van der Waals surface area contributed by atoms with Gasteiger partial charge in [0.1, 0.15) is 11.0 Å². The highest BCUT2D eigenvalue weighted by Crippen LogP contribution is 2.49. The second-order valence-corrected chi connectivity index (χ2v) is 15.4. The van der Waals surface area contributed by atoms with Crippen molar-refractivity contribution in [3.8, 4) is 67.7 Å². The Bertz CT molecular complexity index is 3160. The molecule has 0 spiro atoms. The highest BCUT2D eigenvalue weighted by atomic mass is 32.1. The summed E-state index contributed by atoms with van der Waals surface area (Å²) in [6.07, 6.45) is 0. The molecular weight excluding hydrogens is 705 g/mol. The Hall–Kier alpha value is -6.96. The lowest BCUT2D eigenvalue weighted by atomic mass is 9.81. The molecular formula is C49H32N6S. The van der Waals surface area contributed by atoms with Gasteiger partial charge in [0.05, 0.1) is 22.9 Å². The molecule has 0 fully saturated rings. The molecule has 264 valence electrons. The van der Waals surface area contributed by atoms with Crippen LogP contribution in [0.2, 0.25) is 0 Å². The minimum atomic E-state index is -0.0598. The van der Waals surface area contributed by atoms with Gasteiger partial charge >= 0.3 is 0 Å². The van der Waals surface area contributed by atoms with Crippen molar-refractivity contribution < 1.29 is 0 Å². The van der Waals surface area contributed by atoms with Gasteiger partial charge in [-0.05, 0) is 57.6 Å². The van der Waals surface area contributed by atoms with E-state index >= 15 is 0 Å². The Morgan fingerprint density at radius 1 is 0.411 bits per heavy atom. The van der Waals surface area contributed by atoms with Gasteiger partial charge in [0.25, 0.3) is 0 Å². The molecule has 0 aliphatic heterocycles. The maximum absolute atomic E-state index is 5.28. The van der Waals surface area contributed by atoms with Crippen LogP contribution in [0.25, 0.3) is 100 Å². The predicted octanol–water partition coefficient (Wildman–Crippen LogP) is 12.2. The molecule has 6 nitrogen and oxygen atoms in total. The van der Waals surface area contributed by atoms with Crippen LogP contribution in [0.15, 0.2) is 158 Å². The summed E-state index contributed by atoms with van der Waals surface area (Å²) < 4.78 is 9.28. The largest absolute Gasteiger partial charge is 0.247 e. The monoisotopic (exact) mass is 736 g/mol. The van der Waals surface area contributed by atoms with Crippen LogP contribution in [0.4, 0.5) is 0 Å². The molecule has 0 atom stereocenters. The SMILES string of the molecule is CC1(C)c2ccccc2-c2ccc(-c3ccc(-c4nc(-c5ccccc5)nc(-c5ccc6c(c5)nc(-c5ccccc5)c5ccc7nsnc7c56)n4)cc3)cc21. The lowest BCUT2D eigenvalue weighted by molar-refractivity contribution is 0.660. The molecule has 7 aromatic carbocycles. The van der Waals surface area contributed by atoms with Crippen LogP contribution in [0.1, 0.15) is 25.0 Å². The van der Waals surface area contributed by atoms with Crippen molar-refractivity contribution >= 4 is 44.4 Å². The van der Waals surface area contributed by atoms with E-state index in [2.05, 4.69) is 121 Å².